The summed E-state index contributed by atoms with van der Waals surface area (Å²) in [5.41, 5.74) is 1.23. The molecule has 0 bridgehead atoms. The fourth-order valence-corrected chi connectivity index (χ4v) is 3.81. The van der Waals surface area contributed by atoms with Crippen molar-refractivity contribution < 1.29 is 19.2 Å². The number of benzene rings is 1. The number of nitro groups is 1. The molecule has 0 aliphatic carbocycles. The number of carbonyl (C=O) groups is 1. The van der Waals surface area contributed by atoms with Crippen LogP contribution < -0.4 is 14.8 Å². The first kappa shape index (κ1) is 17.2. The van der Waals surface area contributed by atoms with Crippen LogP contribution in [0.15, 0.2) is 12.1 Å². The van der Waals surface area contributed by atoms with Crippen LogP contribution in [0.1, 0.15) is 11.4 Å². The minimum Gasteiger partial charge on any atom is -0.486 e. The predicted octanol–water partition coefficient (Wildman–Crippen LogP) is 2.43. The minimum absolute atomic E-state index is 0.0756. The van der Waals surface area contributed by atoms with E-state index >= 15 is 0 Å². The predicted molar refractivity (Wildman–Crippen MR) is 97.6 cm³/mol. The smallest absolute Gasteiger partial charge is 0.312 e. The van der Waals surface area contributed by atoms with Crippen molar-refractivity contribution in [2.24, 2.45) is 0 Å². The lowest BCUT2D eigenvalue weighted by molar-refractivity contribution is -0.386. The van der Waals surface area contributed by atoms with Gasteiger partial charge in [-0.3, -0.25) is 19.6 Å². The maximum Gasteiger partial charge on any atom is 0.312 e. The van der Waals surface area contributed by atoms with Crippen LogP contribution in [0.25, 0.3) is 10.2 Å². The van der Waals surface area contributed by atoms with Crippen molar-refractivity contribution in [1.82, 2.24) is 14.8 Å². The molecular formula is C16H15N5O5S. The molecule has 3 heterocycles. The van der Waals surface area contributed by atoms with Crippen LogP contribution in [0.5, 0.6) is 11.5 Å². The fourth-order valence-electron chi connectivity index (χ4n) is 2.92. The molecule has 1 aromatic carbocycles. The van der Waals surface area contributed by atoms with Gasteiger partial charge in [-0.2, -0.15) is 5.10 Å². The number of ether oxygens (including phenoxy) is 2. The molecule has 0 fully saturated rings. The number of rotatable bonds is 4. The molecule has 10 nitrogen and oxygen atoms in total. The Morgan fingerprint density at radius 2 is 2.04 bits per heavy atom. The highest BCUT2D eigenvalue weighted by atomic mass is 32.1. The van der Waals surface area contributed by atoms with Gasteiger partial charge < -0.3 is 14.8 Å². The highest BCUT2D eigenvalue weighted by molar-refractivity contribution is 7.22. The Morgan fingerprint density at radius 3 is 2.70 bits per heavy atom. The van der Waals surface area contributed by atoms with Gasteiger partial charge in [0.25, 0.3) is 0 Å². The Hall–Kier alpha value is -3.21. The van der Waals surface area contributed by atoms with Gasteiger partial charge in [0, 0.05) is 12.1 Å². The van der Waals surface area contributed by atoms with Crippen LogP contribution in [-0.4, -0.2) is 38.8 Å². The van der Waals surface area contributed by atoms with Gasteiger partial charge in [-0.15, -0.1) is 0 Å². The zero-order valence-corrected chi connectivity index (χ0v) is 15.3. The molecule has 1 amide bonds. The summed E-state index contributed by atoms with van der Waals surface area (Å²) in [4.78, 5) is 27.3. The average molecular weight is 389 g/mol. The van der Waals surface area contributed by atoms with Gasteiger partial charge in [0.05, 0.1) is 15.1 Å². The highest BCUT2D eigenvalue weighted by Gasteiger charge is 2.23. The second kappa shape index (κ2) is 6.50. The summed E-state index contributed by atoms with van der Waals surface area (Å²) in [5, 5.41) is 18.3. The Morgan fingerprint density at radius 1 is 1.33 bits per heavy atom. The van der Waals surface area contributed by atoms with Crippen molar-refractivity contribution >= 4 is 38.3 Å². The van der Waals surface area contributed by atoms with Gasteiger partial charge in [-0.05, 0) is 13.8 Å². The minimum atomic E-state index is -0.495. The summed E-state index contributed by atoms with van der Waals surface area (Å²) in [6.45, 7) is 3.95. The molecule has 0 saturated carbocycles. The molecular weight excluding hydrogens is 374 g/mol. The summed E-state index contributed by atoms with van der Waals surface area (Å²) in [6.07, 6.45) is 0. The van der Waals surface area contributed by atoms with E-state index in [-0.39, 0.29) is 23.8 Å². The number of nitrogens with zero attached hydrogens (tertiary/aromatic N) is 4. The molecule has 3 aromatic rings. The standard InChI is InChI=1S/C16H15N5O5S/c1-8-15(21(23)24)9(2)20(19-8)7-14(22)18-16-17-10-5-11-12(6-13(10)27-16)26-4-3-25-11/h5-6H,3-4,7H2,1-2H3,(H,17,18,22). The van der Waals surface area contributed by atoms with Gasteiger partial charge in [-0.25, -0.2) is 4.98 Å². The SMILES string of the molecule is Cc1nn(CC(=O)Nc2nc3cc4c(cc3s2)OCCO4)c(C)c1[N+](=O)[O-]. The van der Waals surface area contributed by atoms with Crippen molar-refractivity contribution in [3.63, 3.8) is 0 Å². The molecule has 0 saturated heterocycles. The van der Waals surface area contributed by atoms with Gasteiger partial charge in [0.2, 0.25) is 5.91 Å². The van der Waals surface area contributed by atoms with E-state index in [4.69, 9.17) is 9.47 Å². The fraction of sp³-hybridized carbons (Fsp3) is 0.312. The van der Waals surface area contributed by atoms with Crippen molar-refractivity contribution in [3.05, 3.63) is 33.6 Å². The van der Waals surface area contributed by atoms with Crippen molar-refractivity contribution in [3.8, 4) is 11.5 Å². The second-order valence-electron chi connectivity index (χ2n) is 5.96. The van der Waals surface area contributed by atoms with Crippen LogP contribution in [0.4, 0.5) is 10.8 Å². The van der Waals surface area contributed by atoms with E-state index in [9.17, 15) is 14.9 Å². The molecule has 0 radical (unpaired) electrons. The third-order valence-electron chi connectivity index (χ3n) is 4.12. The molecule has 0 atom stereocenters. The summed E-state index contributed by atoms with van der Waals surface area (Å²) < 4.78 is 13.3. The number of hydrogen-bond acceptors (Lipinski definition) is 8. The van der Waals surface area contributed by atoms with Gasteiger partial charge in [0.1, 0.15) is 31.1 Å². The van der Waals surface area contributed by atoms with E-state index in [0.29, 0.717) is 41.1 Å². The van der Waals surface area contributed by atoms with E-state index in [2.05, 4.69) is 15.4 Å². The van der Waals surface area contributed by atoms with E-state index in [0.717, 1.165) is 4.70 Å². The number of thiazole rings is 1. The zero-order valence-electron chi connectivity index (χ0n) is 14.5. The number of amides is 1. The summed E-state index contributed by atoms with van der Waals surface area (Å²) in [7, 11) is 0. The molecule has 140 valence electrons. The summed E-state index contributed by atoms with van der Waals surface area (Å²) in [6, 6.07) is 3.61. The third-order valence-corrected chi connectivity index (χ3v) is 5.05. The molecule has 0 unspecified atom stereocenters. The Labute approximate surface area is 156 Å². The maximum absolute atomic E-state index is 12.3. The second-order valence-corrected chi connectivity index (χ2v) is 7.00. The number of hydrogen-bond donors (Lipinski definition) is 1. The molecule has 27 heavy (non-hydrogen) atoms. The van der Waals surface area contributed by atoms with Crippen LogP contribution in [0.2, 0.25) is 0 Å². The number of anilines is 1. The van der Waals surface area contributed by atoms with Gasteiger partial charge in [0.15, 0.2) is 16.6 Å². The number of aryl methyl sites for hydroxylation is 1. The largest absolute Gasteiger partial charge is 0.486 e. The van der Waals surface area contributed by atoms with Crippen molar-refractivity contribution in [2.45, 2.75) is 20.4 Å². The topological polar surface area (TPSA) is 121 Å². The third kappa shape index (κ3) is 3.16. The highest BCUT2D eigenvalue weighted by Crippen LogP contribution is 2.37. The van der Waals surface area contributed by atoms with E-state index in [1.165, 1.54) is 16.0 Å². The number of aromatic nitrogens is 3. The molecule has 0 spiro atoms. The number of nitrogens with one attached hydrogen (secondary N) is 1. The van der Waals surface area contributed by atoms with Gasteiger partial charge >= 0.3 is 5.69 Å². The molecule has 11 heteroatoms. The zero-order chi connectivity index (χ0) is 19.1. The first-order valence-corrected chi connectivity index (χ1v) is 8.92. The monoisotopic (exact) mass is 389 g/mol. The van der Waals surface area contributed by atoms with Crippen molar-refractivity contribution in [1.29, 1.82) is 0 Å². The van der Waals surface area contributed by atoms with Gasteiger partial charge in [-0.1, -0.05) is 11.3 Å². The lowest BCUT2D eigenvalue weighted by Gasteiger charge is -2.17. The molecule has 2 aromatic heterocycles. The molecule has 1 N–H and O–H groups in total. The van der Waals surface area contributed by atoms with E-state index in [1.54, 1.807) is 19.9 Å². The van der Waals surface area contributed by atoms with Crippen LogP contribution >= 0.6 is 11.3 Å². The lowest BCUT2D eigenvalue weighted by atomic mass is 10.3. The van der Waals surface area contributed by atoms with Crippen molar-refractivity contribution in [2.75, 3.05) is 18.5 Å². The number of fused-ring (bicyclic) bond motifs is 2. The van der Waals surface area contributed by atoms with Crippen LogP contribution in [0.3, 0.4) is 0 Å². The first-order chi connectivity index (χ1) is 12.9. The average Bonchev–Trinajstić information content (AvgIpc) is 3.11. The Kier molecular flexibility index (Phi) is 4.15. The Balaban J connectivity index is 1.53. The Bertz CT molecular complexity index is 1030. The van der Waals surface area contributed by atoms with E-state index in [1.807, 2.05) is 6.07 Å². The summed E-state index contributed by atoms with van der Waals surface area (Å²) >= 11 is 1.31. The summed E-state index contributed by atoms with van der Waals surface area (Å²) in [5.74, 6) is 0.920. The lowest BCUT2D eigenvalue weighted by Crippen LogP contribution is -2.20. The van der Waals surface area contributed by atoms with Crippen LogP contribution in [0, 0.1) is 24.0 Å². The molecule has 4 rings (SSSR count). The quantitative estimate of drug-likeness (QED) is 0.537. The van der Waals surface area contributed by atoms with E-state index < -0.39 is 4.92 Å². The first-order valence-electron chi connectivity index (χ1n) is 8.11. The maximum atomic E-state index is 12.3. The van der Waals surface area contributed by atoms with Crippen LogP contribution in [-0.2, 0) is 11.3 Å². The number of carbonyl (C=O) groups excluding carboxylic acids is 1. The molecule has 1 aliphatic heterocycles. The molecule has 1 aliphatic rings. The normalized spacial score (nSPS) is 13.0.